The number of nitrogens with one attached hydrogen (secondary N) is 1. The summed E-state index contributed by atoms with van der Waals surface area (Å²) in [5.41, 5.74) is 1.32. The van der Waals surface area contributed by atoms with E-state index in [9.17, 15) is 4.79 Å². The van der Waals surface area contributed by atoms with Gasteiger partial charge in [-0.25, -0.2) is 0 Å². The molecule has 1 aliphatic rings. The van der Waals surface area contributed by atoms with E-state index >= 15 is 0 Å². The molecule has 1 N–H and O–H groups in total. The molecule has 0 aliphatic heterocycles. The van der Waals surface area contributed by atoms with Gasteiger partial charge in [-0.3, -0.25) is 4.79 Å². The van der Waals surface area contributed by atoms with E-state index in [2.05, 4.69) is 31.3 Å². The number of rotatable bonds is 3. The molecule has 0 radical (unpaired) electrons. The van der Waals surface area contributed by atoms with Gasteiger partial charge >= 0.3 is 0 Å². The van der Waals surface area contributed by atoms with Crippen molar-refractivity contribution in [3.05, 3.63) is 29.8 Å². The second kappa shape index (κ2) is 6.28. The monoisotopic (exact) mass is 263 g/mol. The number of thioether (sulfide) groups is 1. The highest BCUT2D eigenvalue weighted by molar-refractivity contribution is 8.13. The third-order valence-corrected chi connectivity index (χ3v) is 4.25. The van der Waals surface area contributed by atoms with Gasteiger partial charge < -0.3 is 5.32 Å². The van der Waals surface area contributed by atoms with Gasteiger partial charge in [-0.15, -0.1) is 0 Å². The van der Waals surface area contributed by atoms with Crippen molar-refractivity contribution in [2.75, 3.05) is 0 Å². The Hall–Kier alpha value is -0.960. The molecule has 18 heavy (non-hydrogen) atoms. The van der Waals surface area contributed by atoms with Gasteiger partial charge in [0.25, 0.3) is 5.24 Å². The first-order valence-corrected chi connectivity index (χ1v) is 7.55. The molecule has 2 rings (SSSR count). The zero-order valence-corrected chi connectivity index (χ0v) is 11.9. The number of hydrogen-bond donors (Lipinski definition) is 1. The van der Waals surface area contributed by atoms with Gasteiger partial charge in [0.15, 0.2) is 0 Å². The Labute approximate surface area is 114 Å². The third-order valence-electron chi connectivity index (χ3n) is 3.43. The minimum atomic E-state index is 0.0826. The van der Waals surface area contributed by atoms with Crippen LogP contribution in [-0.4, -0.2) is 11.3 Å². The van der Waals surface area contributed by atoms with Gasteiger partial charge in [0.2, 0.25) is 0 Å². The molecule has 0 unspecified atom stereocenters. The minimum Gasteiger partial charge on any atom is -0.344 e. The maximum atomic E-state index is 11.8. The summed E-state index contributed by atoms with van der Waals surface area (Å²) >= 11 is 1.30. The average Bonchev–Trinajstić information content (AvgIpc) is 2.82. The molecule has 1 aliphatic carbocycles. The summed E-state index contributed by atoms with van der Waals surface area (Å²) in [5.74, 6) is 0.538. The molecular formula is C15H21NOS. The zero-order chi connectivity index (χ0) is 13.0. The van der Waals surface area contributed by atoms with E-state index in [4.69, 9.17) is 0 Å². The minimum absolute atomic E-state index is 0.0826. The predicted octanol–water partition coefficient (Wildman–Crippen LogP) is 4.55. The SMILES string of the molecule is CC(C)c1ccc(SC(=O)NC2CCCC2)cc1. The molecule has 1 aromatic rings. The van der Waals surface area contributed by atoms with Crippen LogP contribution in [0.25, 0.3) is 0 Å². The molecule has 98 valence electrons. The van der Waals surface area contributed by atoms with Crippen LogP contribution in [-0.2, 0) is 0 Å². The zero-order valence-electron chi connectivity index (χ0n) is 11.1. The average molecular weight is 263 g/mol. The van der Waals surface area contributed by atoms with Crippen LogP contribution in [0.3, 0.4) is 0 Å². The quantitative estimate of drug-likeness (QED) is 0.810. The van der Waals surface area contributed by atoms with E-state index in [1.807, 2.05) is 12.1 Å². The summed E-state index contributed by atoms with van der Waals surface area (Å²) in [7, 11) is 0. The molecule has 3 heteroatoms. The van der Waals surface area contributed by atoms with E-state index < -0.39 is 0 Å². The first-order valence-electron chi connectivity index (χ1n) is 6.73. The predicted molar refractivity (Wildman–Crippen MR) is 77.2 cm³/mol. The molecule has 0 heterocycles. The highest BCUT2D eigenvalue weighted by atomic mass is 32.2. The Morgan fingerprint density at radius 2 is 1.83 bits per heavy atom. The van der Waals surface area contributed by atoms with E-state index in [1.165, 1.54) is 30.2 Å². The van der Waals surface area contributed by atoms with Crippen LogP contribution in [0.5, 0.6) is 0 Å². The van der Waals surface area contributed by atoms with Crippen LogP contribution in [0, 0.1) is 0 Å². The molecule has 0 spiro atoms. The van der Waals surface area contributed by atoms with Crippen LogP contribution in [0.1, 0.15) is 51.0 Å². The number of amides is 1. The highest BCUT2D eigenvalue weighted by Gasteiger charge is 2.17. The Morgan fingerprint density at radius 1 is 1.22 bits per heavy atom. The summed E-state index contributed by atoms with van der Waals surface area (Å²) in [4.78, 5) is 12.9. The Kier molecular flexibility index (Phi) is 4.70. The summed E-state index contributed by atoms with van der Waals surface area (Å²) in [6, 6.07) is 8.69. The molecule has 0 saturated heterocycles. The first kappa shape index (κ1) is 13.5. The number of carbonyl (C=O) groups excluding carboxylic acids is 1. The molecule has 2 nitrogen and oxygen atoms in total. The topological polar surface area (TPSA) is 29.1 Å². The maximum Gasteiger partial charge on any atom is 0.284 e. The van der Waals surface area contributed by atoms with Crippen molar-refractivity contribution in [3.8, 4) is 0 Å². The van der Waals surface area contributed by atoms with E-state index in [0.29, 0.717) is 12.0 Å². The number of benzene rings is 1. The molecule has 0 aromatic heterocycles. The lowest BCUT2D eigenvalue weighted by Gasteiger charge is -2.11. The standard InChI is InChI=1S/C15H21NOS/c1-11(2)12-7-9-14(10-8-12)18-15(17)16-13-5-3-4-6-13/h7-11,13H,3-6H2,1-2H3,(H,16,17). The lowest BCUT2D eigenvalue weighted by atomic mass is 10.0. The fourth-order valence-corrected chi connectivity index (χ4v) is 3.01. The summed E-state index contributed by atoms with van der Waals surface area (Å²) in [5, 5.41) is 3.17. The molecule has 1 amide bonds. The van der Waals surface area contributed by atoms with E-state index in [0.717, 1.165) is 17.7 Å². The van der Waals surface area contributed by atoms with E-state index in [1.54, 1.807) is 0 Å². The molecular weight excluding hydrogens is 242 g/mol. The van der Waals surface area contributed by atoms with Gasteiger partial charge in [-0.2, -0.15) is 0 Å². The van der Waals surface area contributed by atoms with Crippen molar-refractivity contribution in [2.45, 2.75) is 56.4 Å². The van der Waals surface area contributed by atoms with E-state index in [-0.39, 0.29) is 5.24 Å². The molecule has 0 bridgehead atoms. The van der Waals surface area contributed by atoms with Gasteiger partial charge in [-0.05, 0) is 48.2 Å². The van der Waals surface area contributed by atoms with Crippen LogP contribution in [0.15, 0.2) is 29.2 Å². The van der Waals surface area contributed by atoms with Crippen LogP contribution < -0.4 is 5.32 Å². The normalized spacial score (nSPS) is 16.2. The van der Waals surface area contributed by atoms with Gasteiger partial charge in [-0.1, -0.05) is 38.8 Å². The molecule has 1 fully saturated rings. The Bertz CT molecular complexity index is 393. The smallest absolute Gasteiger partial charge is 0.284 e. The van der Waals surface area contributed by atoms with Crippen LogP contribution >= 0.6 is 11.8 Å². The van der Waals surface area contributed by atoms with Crippen molar-refractivity contribution in [1.29, 1.82) is 0 Å². The van der Waals surface area contributed by atoms with Crippen molar-refractivity contribution >= 4 is 17.0 Å². The largest absolute Gasteiger partial charge is 0.344 e. The summed E-state index contributed by atoms with van der Waals surface area (Å²) in [6.45, 7) is 4.35. The summed E-state index contributed by atoms with van der Waals surface area (Å²) < 4.78 is 0. The number of carbonyl (C=O) groups is 1. The molecule has 1 aromatic carbocycles. The van der Waals surface area contributed by atoms with Gasteiger partial charge in [0.1, 0.15) is 0 Å². The van der Waals surface area contributed by atoms with Crippen molar-refractivity contribution < 1.29 is 4.79 Å². The highest BCUT2D eigenvalue weighted by Crippen LogP contribution is 2.24. The maximum absolute atomic E-state index is 11.8. The van der Waals surface area contributed by atoms with Crippen LogP contribution in [0.2, 0.25) is 0 Å². The van der Waals surface area contributed by atoms with Crippen molar-refractivity contribution in [2.24, 2.45) is 0 Å². The molecule has 0 atom stereocenters. The Morgan fingerprint density at radius 3 is 2.39 bits per heavy atom. The third kappa shape index (κ3) is 3.77. The lowest BCUT2D eigenvalue weighted by Crippen LogP contribution is -2.29. The summed E-state index contributed by atoms with van der Waals surface area (Å²) in [6.07, 6.45) is 4.77. The van der Waals surface area contributed by atoms with Gasteiger partial charge in [0, 0.05) is 10.9 Å². The lowest BCUT2D eigenvalue weighted by molar-refractivity contribution is 0.257. The first-order chi connectivity index (χ1) is 8.65. The van der Waals surface area contributed by atoms with Crippen molar-refractivity contribution in [1.82, 2.24) is 5.32 Å². The van der Waals surface area contributed by atoms with Gasteiger partial charge in [0.05, 0.1) is 0 Å². The second-order valence-corrected chi connectivity index (χ2v) is 6.29. The second-order valence-electron chi connectivity index (χ2n) is 5.24. The van der Waals surface area contributed by atoms with Crippen molar-refractivity contribution in [3.63, 3.8) is 0 Å². The fraction of sp³-hybridized carbons (Fsp3) is 0.533. The van der Waals surface area contributed by atoms with Crippen LogP contribution in [0.4, 0.5) is 4.79 Å². The molecule has 1 saturated carbocycles. The Balaban J connectivity index is 1.86. The fourth-order valence-electron chi connectivity index (χ4n) is 2.29. The number of hydrogen-bond acceptors (Lipinski definition) is 2.